The Balaban J connectivity index is 1.36. The molecule has 1 atom stereocenters. The van der Waals surface area contributed by atoms with Crippen molar-refractivity contribution in [2.24, 2.45) is 5.92 Å². The maximum absolute atomic E-state index is 13.4. The SMILES string of the molecule is O=C(Nc1nnc(-c2ccccc2)s1)C1CCCN(Cc2cccc(F)c2)C1. The Morgan fingerprint density at radius 2 is 2.04 bits per heavy atom. The molecule has 1 unspecified atom stereocenters. The first-order valence-electron chi connectivity index (χ1n) is 9.34. The third-order valence-corrected chi connectivity index (χ3v) is 5.74. The number of anilines is 1. The van der Waals surface area contributed by atoms with Crippen LogP contribution in [0.2, 0.25) is 0 Å². The number of nitrogens with zero attached hydrogens (tertiary/aromatic N) is 3. The van der Waals surface area contributed by atoms with Crippen molar-refractivity contribution in [2.45, 2.75) is 19.4 Å². The fourth-order valence-corrected chi connectivity index (χ4v) is 4.24. The first kappa shape index (κ1) is 18.7. The van der Waals surface area contributed by atoms with Crippen LogP contribution in [-0.2, 0) is 11.3 Å². The van der Waals surface area contributed by atoms with Gasteiger partial charge in [-0.15, -0.1) is 10.2 Å². The van der Waals surface area contributed by atoms with Crippen LogP contribution in [0.4, 0.5) is 9.52 Å². The maximum atomic E-state index is 13.4. The minimum absolute atomic E-state index is 0.0281. The van der Waals surface area contributed by atoms with Gasteiger partial charge in [0.15, 0.2) is 0 Å². The Labute approximate surface area is 167 Å². The second-order valence-corrected chi connectivity index (χ2v) is 7.95. The van der Waals surface area contributed by atoms with Gasteiger partial charge in [-0.3, -0.25) is 9.69 Å². The number of carbonyl (C=O) groups is 1. The Morgan fingerprint density at radius 3 is 2.86 bits per heavy atom. The number of carbonyl (C=O) groups excluding carboxylic acids is 1. The minimum Gasteiger partial charge on any atom is -0.300 e. The van der Waals surface area contributed by atoms with Crippen molar-refractivity contribution in [3.63, 3.8) is 0 Å². The Morgan fingerprint density at radius 1 is 1.18 bits per heavy atom. The molecular weight excluding hydrogens is 375 g/mol. The highest BCUT2D eigenvalue weighted by Crippen LogP contribution is 2.27. The summed E-state index contributed by atoms with van der Waals surface area (Å²) in [5.74, 6) is -0.361. The van der Waals surface area contributed by atoms with Gasteiger partial charge in [0, 0.05) is 18.7 Å². The predicted octanol–water partition coefficient (Wildman–Crippen LogP) is 4.19. The van der Waals surface area contributed by atoms with Crippen molar-refractivity contribution in [1.29, 1.82) is 0 Å². The molecule has 3 aromatic rings. The lowest BCUT2D eigenvalue weighted by atomic mass is 9.97. The highest BCUT2D eigenvalue weighted by Gasteiger charge is 2.26. The maximum Gasteiger partial charge on any atom is 0.230 e. The highest BCUT2D eigenvalue weighted by atomic mass is 32.1. The molecule has 1 aromatic heterocycles. The number of amides is 1. The molecule has 0 spiro atoms. The minimum atomic E-state index is -0.228. The molecule has 28 heavy (non-hydrogen) atoms. The number of hydrogen-bond donors (Lipinski definition) is 1. The quantitative estimate of drug-likeness (QED) is 0.702. The van der Waals surface area contributed by atoms with Gasteiger partial charge in [-0.2, -0.15) is 0 Å². The number of benzene rings is 2. The van der Waals surface area contributed by atoms with Crippen molar-refractivity contribution >= 4 is 22.4 Å². The number of halogens is 1. The van der Waals surface area contributed by atoms with E-state index in [0.29, 0.717) is 18.2 Å². The van der Waals surface area contributed by atoms with E-state index in [4.69, 9.17) is 0 Å². The summed E-state index contributed by atoms with van der Waals surface area (Å²) in [6, 6.07) is 16.4. The lowest BCUT2D eigenvalue weighted by Crippen LogP contribution is -2.40. The second-order valence-electron chi connectivity index (χ2n) is 6.97. The Bertz CT molecular complexity index is 946. The molecule has 7 heteroatoms. The van der Waals surface area contributed by atoms with Crippen LogP contribution in [0.1, 0.15) is 18.4 Å². The van der Waals surface area contributed by atoms with Gasteiger partial charge in [0.25, 0.3) is 0 Å². The van der Waals surface area contributed by atoms with Crippen LogP contribution in [0, 0.1) is 11.7 Å². The van der Waals surface area contributed by atoms with Gasteiger partial charge in [0.2, 0.25) is 11.0 Å². The summed E-state index contributed by atoms with van der Waals surface area (Å²) < 4.78 is 13.4. The zero-order valence-electron chi connectivity index (χ0n) is 15.3. The molecule has 144 valence electrons. The number of piperidine rings is 1. The summed E-state index contributed by atoms with van der Waals surface area (Å²) in [5.41, 5.74) is 1.91. The van der Waals surface area contributed by atoms with E-state index < -0.39 is 0 Å². The highest BCUT2D eigenvalue weighted by molar-refractivity contribution is 7.18. The summed E-state index contributed by atoms with van der Waals surface area (Å²) in [7, 11) is 0. The first-order valence-corrected chi connectivity index (χ1v) is 10.2. The van der Waals surface area contributed by atoms with Crippen LogP contribution in [-0.4, -0.2) is 34.1 Å². The van der Waals surface area contributed by atoms with Crippen molar-refractivity contribution in [2.75, 3.05) is 18.4 Å². The molecule has 1 aliphatic rings. The zero-order valence-corrected chi connectivity index (χ0v) is 16.2. The third kappa shape index (κ3) is 4.61. The van der Waals surface area contributed by atoms with Gasteiger partial charge in [0.05, 0.1) is 5.92 Å². The van der Waals surface area contributed by atoms with Crippen LogP contribution in [0.15, 0.2) is 54.6 Å². The van der Waals surface area contributed by atoms with Gasteiger partial charge in [-0.25, -0.2) is 4.39 Å². The normalized spacial score (nSPS) is 17.4. The molecule has 1 aliphatic heterocycles. The van der Waals surface area contributed by atoms with Crippen LogP contribution in [0.3, 0.4) is 0 Å². The standard InChI is InChI=1S/C21H21FN4OS/c22-18-10-4-6-15(12-18)13-26-11-5-9-17(14-26)19(27)23-21-25-24-20(28-21)16-7-2-1-3-8-16/h1-4,6-8,10,12,17H,5,9,11,13-14H2,(H,23,25,27). The summed E-state index contributed by atoms with van der Waals surface area (Å²) in [5, 5.41) is 12.5. The van der Waals surface area contributed by atoms with Gasteiger partial charge in [-0.05, 0) is 37.1 Å². The first-order chi connectivity index (χ1) is 13.7. The van der Waals surface area contributed by atoms with Crippen LogP contribution >= 0.6 is 11.3 Å². The van der Waals surface area contributed by atoms with Crippen LogP contribution in [0.5, 0.6) is 0 Å². The Kier molecular flexibility index (Phi) is 5.73. The van der Waals surface area contributed by atoms with E-state index in [0.717, 1.165) is 35.5 Å². The topological polar surface area (TPSA) is 58.1 Å². The van der Waals surface area contributed by atoms with Crippen LogP contribution in [0.25, 0.3) is 10.6 Å². The molecular formula is C21H21FN4OS. The lowest BCUT2D eigenvalue weighted by Gasteiger charge is -2.31. The zero-order chi connectivity index (χ0) is 19.3. The number of nitrogens with one attached hydrogen (secondary N) is 1. The summed E-state index contributed by atoms with van der Waals surface area (Å²) in [6.07, 6.45) is 1.79. The lowest BCUT2D eigenvalue weighted by molar-refractivity contribution is -0.121. The van der Waals surface area contributed by atoms with Crippen molar-refractivity contribution < 1.29 is 9.18 Å². The molecule has 5 nitrogen and oxygen atoms in total. The van der Waals surface area contributed by atoms with E-state index in [1.165, 1.54) is 17.4 Å². The fourth-order valence-electron chi connectivity index (χ4n) is 3.49. The van der Waals surface area contributed by atoms with Crippen molar-refractivity contribution in [1.82, 2.24) is 15.1 Å². The van der Waals surface area contributed by atoms with E-state index in [1.807, 2.05) is 36.4 Å². The molecule has 4 rings (SSSR count). The molecule has 0 bridgehead atoms. The van der Waals surface area contributed by atoms with Gasteiger partial charge in [-0.1, -0.05) is 53.8 Å². The molecule has 1 N–H and O–H groups in total. The van der Waals surface area contributed by atoms with E-state index >= 15 is 0 Å². The summed E-state index contributed by atoms with van der Waals surface area (Å²) in [6.45, 7) is 2.22. The van der Waals surface area contributed by atoms with Gasteiger partial charge >= 0.3 is 0 Å². The monoisotopic (exact) mass is 396 g/mol. The molecule has 1 fully saturated rings. The molecule has 1 saturated heterocycles. The van der Waals surface area contributed by atoms with Crippen molar-refractivity contribution in [3.8, 4) is 10.6 Å². The molecule has 0 saturated carbocycles. The van der Waals surface area contributed by atoms with E-state index in [1.54, 1.807) is 12.1 Å². The van der Waals surface area contributed by atoms with E-state index in [9.17, 15) is 9.18 Å². The number of hydrogen-bond acceptors (Lipinski definition) is 5. The number of rotatable bonds is 5. The van der Waals surface area contributed by atoms with Crippen LogP contribution < -0.4 is 5.32 Å². The average Bonchev–Trinajstić information content (AvgIpc) is 3.17. The number of aromatic nitrogens is 2. The predicted molar refractivity (Wildman–Crippen MR) is 108 cm³/mol. The molecule has 2 aromatic carbocycles. The molecule has 0 aliphatic carbocycles. The summed E-state index contributed by atoms with van der Waals surface area (Å²) in [4.78, 5) is 14.9. The van der Waals surface area contributed by atoms with E-state index in [2.05, 4.69) is 20.4 Å². The average molecular weight is 396 g/mol. The number of likely N-dealkylation sites (tertiary alicyclic amines) is 1. The summed E-state index contributed by atoms with van der Waals surface area (Å²) >= 11 is 1.37. The smallest absolute Gasteiger partial charge is 0.230 e. The third-order valence-electron chi connectivity index (χ3n) is 4.85. The molecule has 0 radical (unpaired) electrons. The van der Waals surface area contributed by atoms with Gasteiger partial charge < -0.3 is 5.32 Å². The largest absolute Gasteiger partial charge is 0.300 e. The fraction of sp³-hybridized carbons (Fsp3) is 0.286. The second kappa shape index (κ2) is 8.58. The van der Waals surface area contributed by atoms with Crippen molar-refractivity contribution in [3.05, 3.63) is 66.0 Å². The van der Waals surface area contributed by atoms with Gasteiger partial charge in [0.1, 0.15) is 10.8 Å². The molecule has 2 heterocycles. The Hall–Kier alpha value is -2.64. The molecule has 1 amide bonds. The van der Waals surface area contributed by atoms with E-state index in [-0.39, 0.29) is 17.6 Å².